The second kappa shape index (κ2) is 5.91. The van der Waals surface area contributed by atoms with Crippen LogP contribution in [0.25, 0.3) is 0 Å². The van der Waals surface area contributed by atoms with Gasteiger partial charge in [0.2, 0.25) is 5.91 Å². The van der Waals surface area contributed by atoms with E-state index in [1.54, 1.807) is 15.6 Å². The zero-order valence-corrected chi connectivity index (χ0v) is 13.5. The van der Waals surface area contributed by atoms with E-state index in [-0.39, 0.29) is 17.9 Å². The summed E-state index contributed by atoms with van der Waals surface area (Å²) in [5, 5.41) is 7.00. The van der Waals surface area contributed by atoms with Crippen LogP contribution in [0, 0.1) is 13.8 Å². The fraction of sp³-hybridized carbons (Fsp3) is 0.438. The molecule has 1 fully saturated rings. The van der Waals surface area contributed by atoms with Gasteiger partial charge < -0.3 is 14.6 Å². The molecule has 2 aromatic rings. The van der Waals surface area contributed by atoms with E-state index >= 15 is 0 Å². The maximum Gasteiger partial charge on any atom is 0.289 e. The number of nitrogens with one attached hydrogen (secondary N) is 1. The number of hydrogen-bond donors (Lipinski definition) is 1. The monoisotopic (exact) mass is 316 g/mol. The normalized spacial score (nSPS) is 17.5. The van der Waals surface area contributed by atoms with E-state index in [9.17, 15) is 9.59 Å². The summed E-state index contributed by atoms with van der Waals surface area (Å²) in [6.07, 6.45) is 2.65. The zero-order chi connectivity index (χ0) is 16.6. The fourth-order valence-electron chi connectivity index (χ4n) is 2.93. The number of hydrogen-bond acceptors (Lipinski definition) is 4. The highest BCUT2D eigenvalue weighted by Gasteiger charge is 2.30. The van der Waals surface area contributed by atoms with Gasteiger partial charge in [-0.15, -0.1) is 0 Å². The number of aryl methyl sites for hydroxylation is 2. The minimum atomic E-state index is -0.151. The van der Waals surface area contributed by atoms with Crippen molar-refractivity contribution in [2.75, 3.05) is 18.4 Å². The molecule has 1 aliphatic rings. The Balaban J connectivity index is 1.68. The van der Waals surface area contributed by atoms with Crippen molar-refractivity contribution in [1.29, 1.82) is 0 Å². The van der Waals surface area contributed by atoms with Gasteiger partial charge in [-0.25, -0.2) is 0 Å². The highest BCUT2D eigenvalue weighted by Crippen LogP contribution is 2.25. The summed E-state index contributed by atoms with van der Waals surface area (Å²) in [4.78, 5) is 25.4. The third-order valence-electron chi connectivity index (χ3n) is 3.97. The van der Waals surface area contributed by atoms with E-state index in [4.69, 9.17) is 4.42 Å². The van der Waals surface area contributed by atoms with Gasteiger partial charge >= 0.3 is 0 Å². The van der Waals surface area contributed by atoms with Crippen molar-refractivity contribution in [2.24, 2.45) is 0 Å². The number of anilines is 1. The van der Waals surface area contributed by atoms with Crippen LogP contribution in [0.2, 0.25) is 0 Å². The van der Waals surface area contributed by atoms with Gasteiger partial charge in [0.1, 0.15) is 5.76 Å². The zero-order valence-electron chi connectivity index (χ0n) is 13.5. The average Bonchev–Trinajstić information content (AvgIpc) is 3.17. The molecule has 0 unspecified atom stereocenters. The summed E-state index contributed by atoms with van der Waals surface area (Å²) in [6, 6.07) is 3.73. The highest BCUT2D eigenvalue weighted by atomic mass is 16.4. The number of likely N-dealkylation sites (tertiary alicyclic amines) is 1. The first-order valence-corrected chi connectivity index (χ1v) is 7.63. The maximum absolute atomic E-state index is 12.6. The third kappa shape index (κ3) is 3.13. The van der Waals surface area contributed by atoms with Crippen molar-refractivity contribution >= 4 is 17.6 Å². The van der Waals surface area contributed by atoms with Gasteiger partial charge in [0.25, 0.3) is 5.91 Å². The SMILES string of the molecule is CC(=O)Nc1ccn([C@H]2CCN(C(=O)c3oc(C)cc3C)C2)n1. The molecule has 2 aromatic heterocycles. The Bertz CT molecular complexity index is 746. The van der Waals surface area contributed by atoms with E-state index in [1.807, 2.05) is 26.1 Å². The van der Waals surface area contributed by atoms with Gasteiger partial charge in [-0.05, 0) is 26.3 Å². The number of rotatable bonds is 3. The number of aromatic nitrogens is 2. The van der Waals surface area contributed by atoms with Gasteiger partial charge in [0.05, 0.1) is 6.04 Å². The predicted molar refractivity (Wildman–Crippen MR) is 84.3 cm³/mol. The van der Waals surface area contributed by atoms with Crippen LogP contribution < -0.4 is 5.32 Å². The lowest BCUT2D eigenvalue weighted by atomic mass is 10.2. The molecule has 0 radical (unpaired) electrons. The molecule has 0 bridgehead atoms. The van der Waals surface area contributed by atoms with Crippen molar-refractivity contribution < 1.29 is 14.0 Å². The Morgan fingerprint density at radius 3 is 2.83 bits per heavy atom. The molecule has 0 spiro atoms. The lowest BCUT2D eigenvalue weighted by Crippen LogP contribution is -2.29. The summed E-state index contributed by atoms with van der Waals surface area (Å²) in [6.45, 7) is 6.41. The molecule has 23 heavy (non-hydrogen) atoms. The molecule has 3 heterocycles. The number of nitrogens with zero attached hydrogens (tertiary/aromatic N) is 3. The Morgan fingerprint density at radius 1 is 1.39 bits per heavy atom. The fourth-order valence-corrected chi connectivity index (χ4v) is 2.93. The van der Waals surface area contributed by atoms with Crippen LogP contribution in [0.15, 0.2) is 22.7 Å². The Labute approximate surface area is 134 Å². The largest absolute Gasteiger partial charge is 0.456 e. The van der Waals surface area contributed by atoms with Crippen LogP contribution in [0.5, 0.6) is 0 Å². The average molecular weight is 316 g/mol. The van der Waals surface area contributed by atoms with E-state index in [0.717, 1.165) is 17.7 Å². The third-order valence-corrected chi connectivity index (χ3v) is 3.97. The molecule has 0 aromatic carbocycles. The van der Waals surface area contributed by atoms with Crippen LogP contribution in [-0.2, 0) is 4.79 Å². The van der Waals surface area contributed by atoms with E-state index in [1.165, 1.54) is 6.92 Å². The summed E-state index contributed by atoms with van der Waals surface area (Å²) >= 11 is 0. The Morgan fingerprint density at radius 2 is 2.17 bits per heavy atom. The molecular weight excluding hydrogens is 296 g/mol. The minimum Gasteiger partial charge on any atom is -0.456 e. The topological polar surface area (TPSA) is 80.4 Å². The Kier molecular flexibility index (Phi) is 3.94. The number of carbonyl (C=O) groups is 2. The molecule has 2 amide bonds. The van der Waals surface area contributed by atoms with Crippen molar-refractivity contribution in [2.45, 2.75) is 33.2 Å². The predicted octanol–water partition coefficient (Wildman–Crippen LogP) is 2.14. The molecule has 7 heteroatoms. The van der Waals surface area contributed by atoms with Crippen LogP contribution in [0.1, 0.15) is 41.3 Å². The van der Waals surface area contributed by atoms with E-state index in [2.05, 4.69) is 10.4 Å². The van der Waals surface area contributed by atoms with Gasteiger partial charge in [-0.2, -0.15) is 5.10 Å². The lowest BCUT2D eigenvalue weighted by molar-refractivity contribution is -0.114. The summed E-state index contributed by atoms with van der Waals surface area (Å²) in [5.74, 6) is 1.46. The van der Waals surface area contributed by atoms with Crippen LogP contribution in [0.4, 0.5) is 5.82 Å². The van der Waals surface area contributed by atoms with Crippen molar-refractivity contribution in [1.82, 2.24) is 14.7 Å². The second-order valence-electron chi connectivity index (χ2n) is 5.93. The van der Waals surface area contributed by atoms with Gasteiger partial charge in [0, 0.05) is 37.8 Å². The Hall–Kier alpha value is -2.57. The van der Waals surface area contributed by atoms with Crippen molar-refractivity contribution in [3.8, 4) is 0 Å². The number of amides is 2. The first-order valence-electron chi connectivity index (χ1n) is 7.63. The number of carbonyl (C=O) groups excluding carboxylic acids is 2. The summed E-state index contributed by atoms with van der Waals surface area (Å²) in [5.41, 5.74) is 0.864. The van der Waals surface area contributed by atoms with Crippen molar-refractivity contribution in [3.63, 3.8) is 0 Å². The van der Waals surface area contributed by atoms with Crippen LogP contribution in [-0.4, -0.2) is 39.6 Å². The first-order chi connectivity index (χ1) is 10.9. The molecule has 3 rings (SSSR count). The van der Waals surface area contributed by atoms with Crippen LogP contribution in [0.3, 0.4) is 0 Å². The molecular formula is C16H20N4O3. The van der Waals surface area contributed by atoms with Gasteiger partial charge in [-0.3, -0.25) is 14.3 Å². The molecule has 0 saturated carbocycles. The molecule has 1 N–H and O–H groups in total. The van der Waals surface area contributed by atoms with E-state index in [0.29, 0.717) is 24.7 Å². The van der Waals surface area contributed by atoms with Gasteiger partial charge in [-0.1, -0.05) is 0 Å². The summed E-state index contributed by atoms with van der Waals surface area (Å²) in [7, 11) is 0. The van der Waals surface area contributed by atoms with Crippen LogP contribution >= 0.6 is 0 Å². The standard InChI is InChI=1S/C16H20N4O3/c1-10-8-11(2)23-15(10)16(22)19-6-4-13(9-19)20-7-5-14(18-20)17-12(3)21/h5,7-8,13H,4,6,9H2,1-3H3,(H,17,18,21)/t13-/m0/s1. The quantitative estimate of drug-likeness (QED) is 0.940. The maximum atomic E-state index is 12.6. The van der Waals surface area contributed by atoms with E-state index < -0.39 is 0 Å². The smallest absolute Gasteiger partial charge is 0.289 e. The minimum absolute atomic E-state index is 0.0765. The highest BCUT2D eigenvalue weighted by molar-refractivity contribution is 5.93. The first kappa shape index (κ1) is 15.3. The lowest BCUT2D eigenvalue weighted by Gasteiger charge is -2.15. The number of furan rings is 1. The van der Waals surface area contributed by atoms with Gasteiger partial charge in [0.15, 0.2) is 11.6 Å². The molecule has 1 aliphatic heterocycles. The molecule has 1 atom stereocenters. The molecule has 122 valence electrons. The molecule has 1 saturated heterocycles. The molecule has 7 nitrogen and oxygen atoms in total. The summed E-state index contributed by atoms with van der Waals surface area (Å²) < 4.78 is 7.32. The molecule has 0 aliphatic carbocycles. The van der Waals surface area contributed by atoms with Crippen molar-refractivity contribution in [3.05, 3.63) is 35.4 Å². The second-order valence-corrected chi connectivity index (χ2v) is 5.93.